The molecule has 0 saturated heterocycles. The van der Waals surface area contributed by atoms with Gasteiger partial charge in [-0.2, -0.15) is 5.10 Å². The van der Waals surface area contributed by atoms with Gasteiger partial charge in [-0.15, -0.1) is 0 Å². The van der Waals surface area contributed by atoms with E-state index in [4.69, 9.17) is 5.11 Å². The highest BCUT2D eigenvalue weighted by Crippen LogP contribution is 2.25. The number of hydrogen-bond donors (Lipinski definition) is 1. The molecule has 1 aromatic carbocycles. The van der Waals surface area contributed by atoms with Crippen LogP contribution in [0.15, 0.2) is 33.2 Å². The Labute approximate surface area is 115 Å². The molecule has 4 nitrogen and oxygen atoms in total. The van der Waals surface area contributed by atoms with Gasteiger partial charge < -0.3 is 5.11 Å². The molecular weight excluding hydrogens is 352 g/mol. The first kappa shape index (κ1) is 12.3. The van der Waals surface area contributed by atoms with Crippen LogP contribution in [0, 0.1) is 6.92 Å². The van der Waals surface area contributed by atoms with Crippen molar-refractivity contribution in [1.29, 1.82) is 0 Å². The van der Waals surface area contributed by atoms with E-state index in [1.54, 1.807) is 4.68 Å². The van der Waals surface area contributed by atoms with Crippen LogP contribution in [0.25, 0.3) is 5.69 Å². The first-order valence-electron chi connectivity index (χ1n) is 4.74. The maximum absolute atomic E-state index is 10.9. The molecule has 2 rings (SSSR count). The molecule has 0 amide bonds. The normalized spacial score (nSPS) is 10.5. The van der Waals surface area contributed by atoms with Crippen LogP contribution < -0.4 is 0 Å². The Bertz CT molecular complexity index is 593. The van der Waals surface area contributed by atoms with E-state index in [0.717, 1.165) is 20.3 Å². The Morgan fingerprint density at radius 2 is 2.06 bits per heavy atom. The Balaban J connectivity index is 2.60. The molecule has 1 aromatic heterocycles. The minimum Gasteiger partial charge on any atom is -0.476 e. The van der Waals surface area contributed by atoms with Crippen molar-refractivity contribution in [2.75, 3.05) is 0 Å². The second-order valence-corrected chi connectivity index (χ2v) is 5.25. The number of carbonyl (C=O) groups is 1. The predicted molar refractivity (Wildman–Crippen MR) is 70.7 cm³/mol. The predicted octanol–water partition coefficient (Wildman–Crippen LogP) is 3.40. The maximum Gasteiger partial charge on any atom is 0.356 e. The van der Waals surface area contributed by atoms with Crippen LogP contribution in [0.1, 0.15) is 16.2 Å². The molecular formula is C11H8Br2N2O2. The summed E-state index contributed by atoms with van der Waals surface area (Å²) < 4.78 is 3.35. The molecule has 0 saturated carbocycles. The summed E-state index contributed by atoms with van der Waals surface area (Å²) in [7, 11) is 0. The fraction of sp³-hybridized carbons (Fsp3) is 0.0909. The average molecular weight is 360 g/mol. The molecule has 0 aliphatic rings. The standard InChI is InChI=1S/C11H8Br2N2O2/c1-6-4-9(11(16)17)14-15(6)10-5-7(12)2-3-8(10)13/h2-5H,1H3,(H,16,17). The first-order chi connectivity index (χ1) is 7.99. The Hall–Kier alpha value is -1.14. The second kappa shape index (κ2) is 4.62. The van der Waals surface area contributed by atoms with Crippen LogP contribution in [0.5, 0.6) is 0 Å². The van der Waals surface area contributed by atoms with Crippen molar-refractivity contribution < 1.29 is 9.90 Å². The molecule has 0 aliphatic heterocycles. The molecule has 1 heterocycles. The second-order valence-electron chi connectivity index (χ2n) is 3.48. The number of hydrogen-bond acceptors (Lipinski definition) is 2. The fourth-order valence-electron chi connectivity index (χ4n) is 1.47. The minimum atomic E-state index is -1.03. The lowest BCUT2D eigenvalue weighted by Crippen LogP contribution is -2.03. The van der Waals surface area contributed by atoms with E-state index in [1.165, 1.54) is 6.07 Å². The number of carboxylic acid groups (broad SMARTS) is 1. The van der Waals surface area contributed by atoms with Crippen molar-refractivity contribution in [2.24, 2.45) is 0 Å². The maximum atomic E-state index is 10.9. The number of aryl methyl sites for hydroxylation is 1. The van der Waals surface area contributed by atoms with Crippen LogP contribution in [0.4, 0.5) is 0 Å². The van der Waals surface area contributed by atoms with E-state index in [1.807, 2.05) is 25.1 Å². The van der Waals surface area contributed by atoms with Crippen molar-refractivity contribution in [1.82, 2.24) is 9.78 Å². The van der Waals surface area contributed by atoms with Gasteiger partial charge in [0.2, 0.25) is 0 Å². The third-order valence-electron chi connectivity index (χ3n) is 2.24. The molecule has 0 fully saturated rings. The van der Waals surface area contributed by atoms with Gasteiger partial charge in [-0.05, 0) is 47.1 Å². The zero-order chi connectivity index (χ0) is 12.6. The number of nitrogens with zero attached hydrogens (tertiary/aromatic N) is 2. The highest BCUT2D eigenvalue weighted by atomic mass is 79.9. The van der Waals surface area contributed by atoms with Gasteiger partial charge in [0.15, 0.2) is 5.69 Å². The van der Waals surface area contributed by atoms with E-state index in [-0.39, 0.29) is 5.69 Å². The fourth-order valence-corrected chi connectivity index (χ4v) is 2.23. The minimum absolute atomic E-state index is 0.0365. The quantitative estimate of drug-likeness (QED) is 0.893. The van der Waals surface area contributed by atoms with Crippen molar-refractivity contribution in [3.05, 3.63) is 44.6 Å². The monoisotopic (exact) mass is 358 g/mol. The third-order valence-corrected chi connectivity index (χ3v) is 3.41. The Morgan fingerprint density at radius 1 is 1.35 bits per heavy atom. The van der Waals surface area contributed by atoms with Gasteiger partial charge in [0, 0.05) is 14.6 Å². The molecule has 0 aliphatic carbocycles. The molecule has 0 radical (unpaired) electrons. The SMILES string of the molecule is Cc1cc(C(=O)O)nn1-c1cc(Br)ccc1Br. The molecule has 17 heavy (non-hydrogen) atoms. The van der Waals surface area contributed by atoms with Crippen molar-refractivity contribution in [3.63, 3.8) is 0 Å². The zero-order valence-electron chi connectivity index (χ0n) is 8.82. The smallest absolute Gasteiger partial charge is 0.356 e. The van der Waals surface area contributed by atoms with E-state index in [9.17, 15) is 4.79 Å². The van der Waals surface area contributed by atoms with Crippen LogP contribution in [-0.2, 0) is 0 Å². The van der Waals surface area contributed by atoms with Gasteiger partial charge >= 0.3 is 5.97 Å². The van der Waals surface area contributed by atoms with E-state index >= 15 is 0 Å². The Kier molecular flexibility index (Phi) is 3.35. The summed E-state index contributed by atoms with van der Waals surface area (Å²) in [6.45, 7) is 1.81. The topological polar surface area (TPSA) is 55.1 Å². The van der Waals surface area contributed by atoms with Crippen LogP contribution in [0.3, 0.4) is 0 Å². The number of halogens is 2. The number of rotatable bonds is 2. The lowest BCUT2D eigenvalue weighted by atomic mass is 10.3. The number of aromatic carboxylic acids is 1. The first-order valence-corrected chi connectivity index (χ1v) is 6.33. The van der Waals surface area contributed by atoms with Crippen LogP contribution >= 0.6 is 31.9 Å². The molecule has 0 bridgehead atoms. The molecule has 0 unspecified atom stereocenters. The number of carboxylic acids is 1. The summed E-state index contributed by atoms with van der Waals surface area (Å²) in [5, 5.41) is 12.9. The lowest BCUT2D eigenvalue weighted by Gasteiger charge is -2.07. The highest BCUT2D eigenvalue weighted by molar-refractivity contribution is 9.11. The summed E-state index contributed by atoms with van der Waals surface area (Å²) in [5.74, 6) is -1.03. The van der Waals surface area contributed by atoms with Crippen molar-refractivity contribution in [3.8, 4) is 5.69 Å². The lowest BCUT2D eigenvalue weighted by molar-refractivity contribution is 0.0690. The van der Waals surface area contributed by atoms with E-state index in [2.05, 4.69) is 37.0 Å². The average Bonchev–Trinajstić information content (AvgIpc) is 2.64. The number of benzene rings is 1. The highest BCUT2D eigenvalue weighted by Gasteiger charge is 2.13. The summed E-state index contributed by atoms with van der Waals surface area (Å²) in [6.07, 6.45) is 0. The summed E-state index contributed by atoms with van der Waals surface area (Å²) >= 11 is 6.79. The van der Waals surface area contributed by atoms with Gasteiger partial charge in [-0.1, -0.05) is 15.9 Å². The molecule has 6 heteroatoms. The number of aromatic nitrogens is 2. The van der Waals surface area contributed by atoms with E-state index < -0.39 is 5.97 Å². The summed E-state index contributed by atoms with van der Waals surface area (Å²) in [5.41, 5.74) is 1.60. The van der Waals surface area contributed by atoms with Crippen LogP contribution in [0.2, 0.25) is 0 Å². The molecule has 0 spiro atoms. The largest absolute Gasteiger partial charge is 0.476 e. The van der Waals surface area contributed by atoms with E-state index in [0.29, 0.717) is 0 Å². The molecule has 88 valence electrons. The van der Waals surface area contributed by atoms with Gasteiger partial charge in [0.05, 0.1) is 5.69 Å². The van der Waals surface area contributed by atoms with Crippen molar-refractivity contribution >= 4 is 37.8 Å². The molecule has 1 N–H and O–H groups in total. The van der Waals surface area contributed by atoms with Gasteiger partial charge in [0.25, 0.3) is 0 Å². The van der Waals surface area contributed by atoms with Crippen LogP contribution in [-0.4, -0.2) is 20.9 Å². The summed E-state index contributed by atoms with van der Waals surface area (Å²) in [4.78, 5) is 10.9. The zero-order valence-corrected chi connectivity index (χ0v) is 12.0. The molecule has 0 atom stereocenters. The third kappa shape index (κ3) is 2.42. The van der Waals surface area contributed by atoms with Gasteiger partial charge in [-0.25, -0.2) is 9.48 Å². The van der Waals surface area contributed by atoms with Gasteiger partial charge in [0.1, 0.15) is 0 Å². The Morgan fingerprint density at radius 3 is 2.65 bits per heavy atom. The molecule has 2 aromatic rings. The van der Waals surface area contributed by atoms with Crippen molar-refractivity contribution in [2.45, 2.75) is 6.92 Å². The van der Waals surface area contributed by atoms with Gasteiger partial charge in [-0.3, -0.25) is 0 Å². The summed E-state index contributed by atoms with van der Waals surface area (Å²) in [6, 6.07) is 7.18.